The Balaban J connectivity index is 2.75. The molecule has 1 aromatic rings. The highest BCUT2D eigenvalue weighted by molar-refractivity contribution is 5.55. The number of rotatable bonds is 2. The fourth-order valence-electron chi connectivity index (χ4n) is 0.882. The number of hydrogen-bond donors (Lipinski definition) is 2. The van der Waals surface area contributed by atoms with E-state index in [2.05, 4.69) is 43.0 Å². The van der Waals surface area contributed by atoms with Gasteiger partial charge in [0.05, 0.1) is 0 Å². The van der Waals surface area contributed by atoms with Crippen LogP contribution in [0.5, 0.6) is 0 Å². The molecule has 0 amide bonds. The van der Waals surface area contributed by atoms with Gasteiger partial charge in [-0.25, -0.2) is 9.97 Å². The van der Waals surface area contributed by atoms with Crippen LogP contribution in [0.3, 0.4) is 0 Å². The van der Waals surface area contributed by atoms with Crippen molar-refractivity contribution in [3.05, 3.63) is 12.4 Å². The quantitative estimate of drug-likeness (QED) is 0.754. The van der Waals surface area contributed by atoms with E-state index in [9.17, 15) is 0 Å². The summed E-state index contributed by atoms with van der Waals surface area (Å²) in [6.45, 7) is 8.60. The standard InChI is InChI=1S/C10H18N4/c1-7(10(2,3)4)14-9-8(11)12-5-6-13-9/h5-7H,1-4H3,(H2,11,12)(H,13,14). The van der Waals surface area contributed by atoms with E-state index in [1.165, 1.54) is 0 Å². The highest BCUT2D eigenvalue weighted by Gasteiger charge is 2.20. The number of nitrogens with two attached hydrogens (primary N) is 1. The van der Waals surface area contributed by atoms with Crippen LogP contribution in [0.1, 0.15) is 27.7 Å². The van der Waals surface area contributed by atoms with Gasteiger partial charge in [-0.05, 0) is 12.3 Å². The fourth-order valence-corrected chi connectivity index (χ4v) is 0.882. The molecule has 1 atom stereocenters. The van der Waals surface area contributed by atoms with Crippen LogP contribution in [0.15, 0.2) is 12.4 Å². The number of hydrogen-bond acceptors (Lipinski definition) is 4. The molecule has 0 aliphatic carbocycles. The predicted octanol–water partition coefficient (Wildman–Crippen LogP) is 1.91. The monoisotopic (exact) mass is 194 g/mol. The normalized spacial score (nSPS) is 13.7. The minimum Gasteiger partial charge on any atom is -0.381 e. The van der Waals surface area contributed by atoms with E-state index in [0.29, 0.717) is 17.7 Å². The molecule has 14 heavy (non-hydrogen) atoms. The first-order valence-electron chi connectivity index (χ1n) is 4.74. The second-order valence-corrected chi connectivity index (χ2v) is 4.52. The summed E-state index contributed by atoms with van der Waals surface area (Å²) in [7, 11) is 0. The maximum absolute atomic E-state index is 5.68. The molecule has 0 fully saturated rings. The summed E-state index contributed by atoms with van der Waals surface area (Å²) >= 11 is 0. The minimum absolute atomic E-state index is 0.171. The third kappa shape index (κ3) is 2.58. The molecule has 78 valence electrons. The van der Waals surface area contributed by atoms with Gasteiger partial charge in [0, 0.05) is 18.4 Å². The van der Waals surface area contributed by atoms with Crippen LogP contribution >= 0.6 is 0 Å². The first-order valence-corrected chi connectivity index (χ1v) is 4.74. The lowest BCUT2D eigenvalue weighted by molar-refractivity contribution is 0.359. The molecule has 4 heteroatoms. The van der Waals surface area contributed by atoms with Gasteiger partial charge in [0.15, 0.2) is 11.6 Å². The van der Waals surface area contributed by atoms with Crippen molar-refractivity contribution in [3.8, 4) is 0 Å². The summed E-state index contributed by atoms with van der Waals surface area (Å²) in [5, 5.41) is 3.25. The van der Waals surface area contributed by atoms with Gasteiger partial charge in [-0.15, -0.1) is 0 Å². The predicted molar refractivity (Wildman–Crippen MR) is 59.0 cm³/mol. The van der Waals surface area contributed by atoms with Gasteiger partial charge in [0.2, 0.25) is 0 Å². The fraction of sp³-hybridized carbons (Fsp3) is 0.600. The molecule has 0 saturated heterocycles. The van der Waals surface area contributed by atoms with Crippen LogP contribution in [-0.2, 0) is 0 Å². The summed E-state index contributed by atoms with van der Waals surface area (Å²) in [5.41, 5.74) is 5.85. The van der Waals surface area contributed by atoms with Crippen LogP contribution in [-0.4, -0.2) is 16.0 Å². The van der Waals surface area contributed by atoms with Crippen molar-refractivity contribution in [1.29, 1.82) is 0 Å². The molecule has 1 unspecified atom stereocenters. The molecule has 0 bridgehead atoms. The number of nitrogens with zero attached hydrogens (tertiary/aromatic N) is 2. The number of aromatic nitrogens is 2. The van der Waals surface area contributed by atoms with Crippen LogP contribution in [0.2, 0.25) is 0 Å². The number of nitrogens with one attached hydrogen (secondary N) is 1. The molecule has 0 radical (unpaired) electrons. The highest BCUT2D eigenvalue weighted by Crippen LogP contribution is 2.23. The molecule has 1 rings (SSSR count). The Labute approximate surface area is 85.0 Å². The molecule has 0 aliphatic heterocycles. The summed E-state index contributed by atoms with van der Waals surface area (Å²) in [6, 6.07) is 0.293. The zero-order valence-electron chi connectivity index (χ0n) is 9.20. The van der Waals surface area contributed by atoms with Crippen molar-refractivity contribution in [2.24, 2.45) is 5.41 Å². The van der Waals surface area contributed by atoms with Crippen molar-refractivity contribution in [1.82, 2.24) is 9.97 Å². The summed E-state index contributed by atoms with van der Waals surface area (Å²) < 4.78 is 0. The molecule has 0 saturated carbocycles. The summed E-state index contributed by atoms with van der Waals surface area (Å²) in [5.74, 6) is 1.11. The van der Waals surface area contributed by atoms with E-state index in [4.69, 9.17) is 5.73 Å². The third-order valence-corrected chi connectivity index (χ3v) is 2.38. The molecule has 0 aromatic carbocycles. The van der Waals surface area contributed by atoms with Gasteiger partial charge in [0.1, 0.15) is 0 Å². The number of anilines is 2. The lowest BCUT2D eigenvalue weighted by Crippen LogP contribution is -2.31. The van der Waals surface area contributed by atoms with Gasteiger partial charge in [-0.2, -0.15) is 0 Å². The Bertz CT molecular complexity index is 303. The second-order valence-electron chi connectivity index (χ2n) is 4.52. The van der Waals surface area contributed by atoms with Crippen molar-refractivity contribution < 1.29 is 0 Å². The first kappa shape index (κ1) is 10.8. The lowest BCUT2D eigenvalue weighted by atomic mass is 9.88. The van der Waals surface area contributed by atoms with E-state index in [0.717, 1.165) is 0 Å². The van der Waals surface area contributed by atoms with Gasteiger partial charge >= 0.3 is 0 Å². The SMILES string of the molecule is CC(Nc1nccnc1N)C(C)(C)C. The van der Waals surface area contributed by atoms with Gasteiger partial charge in [0.25, 0.3) is 0 Å². The van der Waals surface area contributed by atoms with Gasteiger partial charge in [-0.3, -0.25) is 0 Å². The zero-order valence-corrected chi connectivity index (χ0v) is 9.20. The molecule has 0 spiro atoms. The maximum Gasteiger partial charge on any atom is 0.169 e. The molecule has 3 N–H and O–H groups in total. The molecule has 4 nitrogen and oxygen atoms in total. The lowest BCUT2D eigenvalue weighted by Gasteiger charge is -2.28. The van der Waals surface area contributed by atoms with Crippen molar-refractivity contribution in [2.75, 3.05) is 11.1 Å². The van der Waals surface area contributed by atoms with Gasteiger partial charge in [-0.1, -0.05) is 20.8 Å². The third-order valence-electron chi connectivity index (χ3n) is 2.38. The Morgan fingerprint density at radius 3 is 2.36 bits per heavy atom. The smallest absolute Gasteiger partial charge is 0.169 e. The molecule has 1 aromatic heterocycles. The van der Waals surface area contributed by atoms with Crippen LogP contribution in [0.25, 0.3) is 0 Å². The average molecular weight is 194 g/mol. The van der Waals surface area contributed by atoms with E-state index < -0.39 is 0 Å². The van der Waals surface area contributed by atoms with E-state index in [1.54, 1.807) is 12.4 Å². The molecule has 0 aliphatic rings. The zero-order chi connectivity index (χ0) is 10.8. The van der Waals surface area contributed by atoms with Crippen LogP contribution in [0, 0.1) is 5.41 Å². The second kappa shape index (κ2) is 3.82. The van der Waals surface area contributed by atoms with Crippen LogP contribution in [0.4, 0.5) is 11.6 Å². The van der Waals surface area contributed by atoms with Crippen molar-refractivity contribution in [2.45, 2.75) is 33.7 Å². The topological polar surface area (TPSA) is 63.8 Å². The first-order chi connectivity index (χ1) is 6.41. The highest BCUT2D eigenvalue weighted by atomic mass is 15.1. The van der Waals surface area contributed by atoms with E-state index in [1.807, 2.05) is 0 Å². The Kier molecular flexibility index (Phi) is 2.93. The van der Waals surface area contributed by atoms with Gasteiger partial charge < -0.3 is 11.1 Å². The molecule has 1 heterocycles. The molecular formula is C10H18N4. The van der Waals surface area contributed by atoms with Crippen molar-refractivity contribution in [3.63, 3.8) is 0 Å². The van der Waals surface area contributed by atoms with Crippen molar-refractivity contribution >= 4 is 11.6 Å². The minimum atomic E-state index is 0.171. The summed E-state index contributed by atoms with van der Waals surface area (Å²) in [4.78, 5) is 8.10. The summed E-state index contributed by atoms with van der Waals surface area (Å²) in [6.07, 6.45) is 3.22. The Morgan fingerprint density at radius 2 is 1.86 bits per heavy atom. The number of nitrogen functional groups attached to an aromatic ring is 1. The Morgan fingerprint density at radius 1 is 1.29 bits per heavy atom. The average Bonchev–Trinajstić information content (AvgIpc) is 2.07. The maximum atomic E-state index is 5.68. The van der Waals surface area contributed by atoms with E-state index in [-0.39, 0.29) is 5.41 Å². The largest absolute Gasteiger partial charge is 0.381 e. The molecular weight excluding hydrogens is 176 g/mol. The van der Waals surface area contributed by atoms with E-state index >= 15 is 0 Å². The Hall–Kier alpha value is -1.32. The van der Waals surface area contributed by atoms with Crippen LogP contribution < -0.4 is 11.1 Å².